The van der Waals surface area contributed by atoms with E-state index in [9.17, 15) is 5.11 Å². The summed E-state index contributed by atoms with van der Waals surface area (Å²) in [4.78, 5) is 15.6. The molecule has 1 saturated heterocycles. The van der Waals surface area contributed by atoms with Gasteiger partial charge in [-0.05, 0) is 42.8 Å². The molecule has 0 saturated carbocycles. The predicted octanol–water partition coefficient (Wildman–Crippen LogP) is 3.09. The van der Waals surface area contributed by atoms with Gasteiger partial charge in [-0.15, -0.1) is 11.3 Å². The summed E-state index contributed by atoms with van der Waals surface area (Å²) in [5.41, 5.74) is 3.67. The minimum absolute atomic E-state index is 0.544. The molecule has 0 bridgehead atoms. The highest BCUT2D eigenvalue weighted by Gasteiger charge is 2.25. The zero-order chi connectivity index (χ0) is 17.2. The van der Waals surface area contributed by atoms with Crippen LogP contribution in [0.15, 0.2) is 29.8 Å². The van der Waals surface area contributed by atoms with Crippen molar-refractivity contribution in [2.24, 2.45) is 0 Å². The van der Waals surface area contributed by atoms with Crippen LogP contribution in [-0.2, 0) is 6.54 Å². The quantitative estimate of drug-likeness (QED) is 0.733. The van der Waals surface area contributed by atoms with E-state index >= 15 is 0 Å². The number of aliphatic hydroxyl groups excluding tert-OH is 1. The Labute approximate surface area is 150 Å². The van der Waals surface area contributed by atoms with E-state index in [1.807, 2.05) is 30.5 Å². The first-order valence-corrected chi connectivity index (χ1v) is 9.42. The highest BCUT2D eigenvalue weighted by atomic mass is 32.1. The van der Waals surface area contributed by atoms with Crippen LogP contribution in [0.4, 0.5) is 5.95 Å². The number of nitrogens with one attached hydrogen (secondary N) is 1. The summed E-state index contributed by atoms with van der Waals surface area (Å²) in [6.07, 6.45) is 3.37. The van der Waals surface area contributed by atoms with Crippen LogP contribution in [0.2, 0.25) is 0 Å². The van der Waals surface area contributed by atoms with E-state index < -0.39 is 6.23 Å². The Hall–Kier alpha value is -2.09. The topological polar surface area (TPSA) is 74.2 Å². The molecule has 0 spiro atoms. The number of aromatic nitrogens is 3. The lowest BCUT2D eigenvalue weighted by atomic mass is 10.2. The third kappa shape index (κ3) is 3.35. The largest absolute Gasteiger partial charge is 0.372 e. The van der Waals surface area contributed by atoms with Crippen LogP contribution >= 0.6 is 11.3 Å². The van der Waals surface area contributed by atoms with Crippen molar-refractivity contribution in [2.45, 2.75) is 32.5 Å². The van der Waals surface area contributed by atoms with Crippen molar-refractivity contribution in [2.75, 3.05) is 18.4 Å². The molecule has 1 atom stereocenters. The van der Waals surface area contributed by atoms with Crippen LogP contribution in [0.25, 0.3) is 10.2 Å². The Balaban J connectivity index is 1.62. The molecule has 1 fully saturated rings. The molecule has 0 aromatic carbocycles. The van der Waals surface area contributed by atoms with Crippen LogP contribution in [0.5, 0.6) is 0 Å². The molecule has 25 heavy (non-hydrogen) atoms. The number of hydrogen-bond donors (Lipinski definition) is 2. The first-order valence-electron chi connectivity index (χ1n) is 8.54. The third-order valence-corrected chi connectivity index (χ3v) is 5.54. The number of hydrogen-bond acceptors (Lipinski definition) is 7. The predicted molar refractivity (Wildman–Crippen MR) is 99.5 cm³/mol. The maximum atomic E-state index is 10.8. The van der Waals surface area contributed by atoms with E-state index in [1.165, 1.54) is 0 Å². The van der Waals surface area contributed by atoms with Gasteiger partial charge in [0.2, 0.25) is 5.95 Å². The minimum atomic E-state index is -0.674. The minimum Gasteiger partial charge on any atom is -0.372 e. The van der Waals surface area contributed by atoms with Gasteiger partial charge in [0.25, 0.3) is 0 Å². The summed E-state index contributed by atoms with van der Waals surface area (Å²) in [6, 6.07) is 5.94. The number of likely N-dealkylation sites (tertiary alicyclic amines) is 1. The van der Waals surface area contributed by atoms with E-state index in [0.717, 1.165) is 47.4 Å². The van der Waals surface area contributed by atoms with Crippen molar-refractivity contribution < 1.29 is 5.11 Å². The lowest BCUT2D eigenvalue weighted by Gasteiger charge is -2.22. The van der Waals surface area contributed by atoms with Crippen molar-refractivity contribution in [1.29, 1.82) is 0 Å². The van der Waals surface area contributed by atoms with Crippen LogP contribution in [0, 0.1) is 6.92 Å². The number of aliphatic hydroxyl groups is 1. The second-order valence-electron chi connectivity index (χ2n) is 6.29. The molecule has 0 aliphatic carbocycles. The van der Waals surface area contributed by atoms with Crippen LogP contribution < -0.4 is 5.32 Å². The Morgan fingerprint density at radius 3 is 2.92 bits per heavy atom. The average molecular weight is 355 g/mol. The second kappa shape index (κ2) is 7.03. The van der Waals surface area contributed by atoms with Crippen molar-refractivity contribution in [3.63, 3.8) is 0 Å². The monoisotopic (exact) mass is 355 g/mol. The highest BCUT2D eigenvalue weighted by Crippen LogP contribution is 2.31. The zero-order valence-corrected chi connectivity index (χ0v) is 15.0. The number of anilines is 1. The van der Waals surface area contributed by atoms with E-state index in [2.05, 4.69) is 25.2 Å². The molecule has 7 heteroatoms. The zero-order valence-electron chi connectivity index (χ0n) is 14.1. The van der Waals surface area contributed by atoms with Crippen LogP contribution in [0.3, 0.4) is 0 Å². The van der Waals surface area contributed by atoms with E-state index in [0.29, 0.717) is 18.2 Å². The molecule has 6 nitrogen and oxygen atoms in total. The highest BCUT2D eigenvalue weighted by molar-refractivity contribution is 7.17. The number of aryl methyl sites for hydroxylation is 1. The molecule has 130 valence electrons. The fourth-order valence-electron chi connectivity index (χ4n) is 3.18. The number of thiophene rings is 1. The maximum Gasteiger partial charge on any atom is 0.223 e. The van der Waals surface area contributed by atoms with Crippen LogP contribution in [-0.4, -0.2) is 38.0 Å². The molecule has 3 aromatic heterocycles. The van der Waals surface area contributed by atoms with Gasteiger partial charge in [-0.1, -0.05) is 6.07 Å². The fourth-order valence-corrected chi connectivity index (χ4v) is 4.02. The summed E-state index contributed by atoms with van der Waals surface area (Å²) in [5, 5.41) is 16.1. The molecule has 1 aliphatic rings. The third-order valence-electron chi connectivity index (χ3n) is 4.61. The Morgan fingerprint density at radius 1 is 1.28 bits per heavy atom. The SMILES string of the molecule is Cc1ncccc1CNc1nc(C(O)N2CCCC2)c2sccc2n1. The second-order valence-corrected chi connectivity index (χ2v) is 7.20. The van der Waals surface area contributed by atoms with Crippen molar-refractivity contribution in [1.82, 2.24) is 19.9 Å². The van der Waals surface area contributed by atoms with Crippen molar-refractivity contribution in [3.05, 3.63) is 46.7 Å². The van der Waals surface area contributed by atoms with E-state index in [-0.39, 0.29) is 0 Å². The summed E-state index contributed by atoms with van der Waals surface area (Å²) in [7, 11) is 0. The lowest BCUT2D eigenvalue weighted by molar-refractivity contribution is 0.0170. The Morgan fingerprint density at radius 2 is 2.12 bits per heavy atom. The normalized spacial score (nSPS) is 16.4. The Bertz CT molecular complexity index is 875. The van der Waals surface area contributed by atoms with Gasteiger partial charge in [-0.2, -0.15) is 0 Å². The van der Waals surface area contributed by atoms with Crippen molar-refractivity contribution in [3.8, 4) is 0 Å². The van der Waals surface area contributed by atoms with Crippen LogP contribution in [0.1, 0.15) is 36.0 Å². The van der Waals surface area contributed by atoms with Gasteiger partial charge in [0.1, 0.15) is 5.69 Å². The van der Waals surface area contributed by atoms with E-state index in [1.54, 1.807) is 17.5 Å². The van der Waals surface area contributed by atoms with Gasteiger partial charge in [-0.25, -0.2) is 9.97 Å². The maximum absolute atomic E-state index is 10.8. The average Bonchev–Trinajstić information content (AvgIpc) is 3.31. The summed E-state index contributed by atoms with van der Waals surface area (Å²) >= 11 is 1.58. The molecule has 4 rings (SSSR count). The number of nitrogens with zero attached hydrogens (tertiary/aromatic N) is 4. The van der Waals surface area contributed by atoms with E-state index in [4.69, 9.17) is 0 Å². The molecule has 0 amide bonds. The van der Waals surface area contributed by atoms with Gasteiger partial charge in [-0.3, -0.25) is 9.88 Å². The molecular formula is C18H21N5OS. The van der Waals surface area contributed by atoms with Gasteiger partial charge in [0.05, 0.1) is 10.2 Å². The summed E-state index contributed by atoms with van der Waals surface area (Å²) in [5.74, 6) is 0.544. The summed E-state index contributed by atoms with van der Waals surface area (Å²) in [6.45, 7) is 4.42. The molecule has 2 N–H and O–H groups in total. The lowest BCUT2D eigenvalue weighted by Crippen LogP contribution is -2.26. The molecule has 1 unspecified atom stereocenters. The number of rotatable bonds is 5. The van der Waals surface area contributed by atoms with Crippen molar-refractivity contribution >= 4 is 27.5 Å². The fraction of sp³-hybridized carbons (Fsp3) is 0.389. The number of fused-ring (bicyclic) bond motifs is 1. The smallest absolute Gasteiger partial charge is 0.223 e. The Kier molecular flexibility index (Phi) is 4.61. The number of pyridine rings is 1. The summed E-state index contributed by atoms with van der Waals surface area (Å²) < 4.78 is 0.961. The first-order chi connectivity index (χ1) is 12.2. The van der Waals surface area contributed by atoms with Gasteiger partial charge in [0, 0.05) is 31.5 Å². The standard InChI is InChI=1S/C18H21N5OS/c1-12-13(5-4-7-19-12)11-20-18-21-14-6-10-25-16(14)15(22-18)17(24)23-8-2-3-9-23/h4-7,10,17,24H,2-3,8-9,11H2,1H3,(H,20,21,22). The van der Waals surface area contributed by atoms with Gasteiger partial charge in [0.15, 0.2) is 6.23 Å². The molecule has 1 aliphatic heterocycles. The molecule has 3 aromatic rings. The molecule has 0 radical (unpaired) electrons. The first kappa shape index (κ1) is 16.4. The van der Waals surface area contributed by atoms with Gasteiger partial charge >= 0.3 is 0 Å². The van der Waals surface area contributed by atoms with Gasteiger partial charge < -0.3 is 10.4 Å². The molecular weight excluding hydrogens is 334 g/mol. The molecule has 4 heterocycles.